The van der Waals surface area contributed by atoms with Crippen LogP contribution in [0, 0.1) is 17.5 Å². The van der Waals surface area contributed by atoms with Gasteiger partial charge in [0.15, 0.2) is 17.5 Å². The largest absolute Gasteiger partial charge is 0.462 e. The van der Waals surface area contributed by atoms with Crippen molar-refractivity contribution in [3.05, 3.63) is 53.1 Å². The van der Waals surface area contributed by atoms with E-state index in [1.165, 1.54) is 25.1 Å². The van der Waals surface area contributed by atoms with Gasteiger partial charge in [-0.2, -0.15) is 8.75 Å². The molecule has 1 heterocycles. The van der Waals surface area contributed by atoms with E-state index < -0.39 is 40.3 Å². The molecule has 0 saturated carbocycles. The highest BCUT2D eigenvalue weighted by atomic mass is 32.1. The number of ketones is 1. The van der Waals surface area contributed by atoms with Gasteiger partial charge in [-0.3, -0.25) is 4.79 Å². The van der Waals surface area contributed by atoms with E-state index in [2.05, 4.69) is 8.75 Å². The van der Waals surface area contributed by atoms with Gasteiger partial charge in [0.05, 0.1) is 30.1 Å². The average molecular weight is 371 g/mol. The lowest BCUT2D eigenvalue weighted by molar-refractivity contribution is -0.138. The van der Waals surface area contributed by atoms with Crippen LogP contribution in [0.3, 0.4) is 0 Å². The number of halogens is 3. The van der Waals surface area contributed by atoms with Crippen LogP contribution < -0.4 is 4.90 Å². The first-order chi connectivity index (χ1) is 11.8. The van der Waals surface area contributed by atoms with Crippen molar-refractivity contribution < 1.29 is 27.5 Å². The summed E-state index contributed by atoms with van der Waals surface area (Å²) >= 11 is 0.901. The Kier molecular flexibility index (Phi) is 5.86. The zero-order chi connectivity index (χ0) is 18.6. The third-order valence-electron chi connectivity index (χ3n) is 3.03. The van der Waals surface area contributed by atoms with Crippen LogP contribution in [0.1, 0.15) is 17.3 Å². The van der Waals surface area contributed by atoms with Crippen molar-refractivity contribution >= 4 is 29.3 Å². The van der Waals surface area contributed by atoms with E-state index in [1.54, 1.807) is 0 Å². The van der Waals surface area contributed by atoms with Gasteiger partial charge >= 0.3 is 5.97 Å². The van der Waals surface area contributed by atoms with Gasteiger partial charge in [0.2, 0.25) is 5.78 Å². The standard InChI is InChI=1S/C15H12F3N3O3S/c1-3-24-15(23)9(7-21(2)13-6-19-25-20-13)14(22)8-4-11(17)12(18)5-10(8)16/h4-7H,3H2,1-2H3/b9-7+. The normalized spacial score (nSPS) is 11.3. The van der Waals surface area contributed by atoms with Crippen LogP contribution in [0.4, 0.5) is 19.0 Å². The first-order valence-corrected chi connectivity index (χ1v) is 7.66. The molecule has 25 heavy (non-hydrogen) atoms. The topological polar surface area (TPSA) is 72.4 Å². The maximum atomic E-state index is 13.9. The van der Waals surface area contributed by atoms with Gasteiger partial charge < -0.3 is 9.64 Å². The number of benzene rings is 1. The fourth-order valence-corrected chi connectivity index (χ4v) is 2.28. The molecule has 0 spiro atoms. The van der Waals surface area contributed by atoms with Crippen LogP contribution in [-0.2, 0) is 9.53 Å². The van der Waals surface area contributed by atoms with Crippen LogP contribution in [-0.4, -0.2) is 34.2 Å². The molecule has 10 heteroatoms. The van der Waals surface area contributed by atoms with Crippen LogP contribution >= 0.6 is 11.7 Å². The molecule has 0 aliphatic rings. The monoisotopic (exact) mass is 371 g/mol. The van der Waals surface area contributed by atoms with Gasteiger partial charge in [-0.1, -0.05) is 0 Å². The third kappa shape index (κ3) is 4.21. The number of hydrogen-bond donors (Lipinski definition) is 0. The van der Waals surface area contributed by atoms with E-state index >= 15 is 0 Å². The molecule has 0 radical (unpaired) electrons. The van der Waals surface area contributed by atoms with Crippen LogP contribution in [0.5, 0.6) is 0 Å². The van der Waals surface area contributed by atoms with E-state index in [9.17, 15) is 22.8 Å². The Morgan fingerprint density at radius 1 is 1.24 bits per heavy atom. The molecule has 0 aliphatic heterocycles. The van der Waals surface area contributed by atoms with Crippen molar-refractivity contribution in [1.82, 2.24) is 8.75 Å². The molecule has 6 nitrogen and oxygen atoms in total. The van der Waals surface area contributed by atoms with Gasteiger partial charge in [-0.05, 0) is 13.0 Å². The second-order valence-electron chi connectivity index (χ2n) is 4.72. The van der Waals surface area contributed by atoms with Crippen molar-refractivity contribution in [2.24, 2.45) is 0 Å². The first-order valence-electron chi connectivity index (χ1n) is 6.93. The number of aromatic nitrogens is 2. The summed E-state index contributed by atoms with van der Waals surface area (Å²) in [5, 5.41) is 0. The number of rotatable bonds is 6. The molecule has 0 atom stereocenters. The predicted molar refractivity (Wildman–Crippen MR) is 83.7 cm³/mol. The summed E-state index contributed by atoms with van der Waals surface area (Å²) in [6.45, 7) is 1.48. The first kappa shape index (κ1) is 18.6. The zero-order valence-electron chi connectivity index (χ0n) is 13.1. The van der Waals surface area contributed by atoms with Crippen molar-refractivity contribution in [3.8, 4) is 0 Å². The highest BCUT2D eigenvalue weighted by Crippen LogP contribution is 2.19. The molecule has 0 aliphatic carbocycles. The number of nitrogens with zero attached hydrogens (tertiary/aromatic N) is 3. The lowest BCUT2D eigenvalue weighted by Crippen LogP contribution is -2.22. The number of carbonyl (C=O) groups is 2. The number of Topliss-reactive ketones (excluding diaryl/α,β-unsaturated/α-hetero) is 1. The number of hydrogen-bond acceptors (Lipinski definition) is 7. The van der Waals surface area contributed by atoms with Crippen molar-refractivity contribution in [2.75, 3.05) is 18.6 Å². The zero-order valence-corrected chi connectivity index (χ0v) is 13.9. The molecule has 2 rings (SSSR count). The summed E-state index contributed by atoms with van der Waals surface area (Å²) in [5.41, 5.74) is -1.36. The summed E-state index contributed by atoms with van der Waals surface area (Å²) in [7, 11) is 1.48. The van der Waals surface area contributed by atoms with Crippen LogP contribution in [0.25, 0.3) is 0 Å². The fourth-order valence-electron chi connectivity index (χ4n) is 1.83. The lowest BCUT2D eigenvalue weighted by atomic mass is 10.0. The van der Waals surface area contributed by atoms with E-state index in [0.29, 0.717) is 11.9 Å². The summed E-state index contributed by atoms with van der Waals surface area (Å²) in [5.74, 6) is -6.01. The van der Waals surface area contributed by atoms with Crippen molar-refractivity contribution in [2.45, 2.75) is 6.92 Å². The molecule has 1 aromatic carbocycles. The van der Waals surface area contributed by atoms with Crippen LogP contribution in [0.2, 0.25) is 0 Å². The highest BCUT2D eigenvalue weighted by Gasteiger charge is 2.26. The van der Waals surface area contributed by atoms with E-state index in [0.717, 1.165) is 17.9 Å². The minimum absolute atomic E-state index is 0.0360. The number of carbonyl (C=O) groups excluding carboxylic acids is 2. The second kappa shape index (κ2) is 7.88. The van der Waals surface area contributed by atoms with Gasteiger partial charge in [0, 0.05) is 19.3 Å². The molecular formula is C15H12F3N3O3S. The molecular weight excluding hydrogens is 359 g/mol. The van der Waals surface area contributed by atoms with E-state index in [1.807, 2.05) is 0 Å². The minimum atomic E-state index is -1.44. The smallest absolute Gasteiger partial charge is 0.343 e. The molecule has 2 aromatic rings. The Balaban J connectivity index is 2.47. The van der Waals surface area contributed by atoms with E-state index in [4.69, 9.17) is 4.74 Å². The van der Waals surface area contributed by atoms with Gasteiger partial charge in [0.25, 0.3) is 0 Å². The van der Waals surface area contributed by atoms with Crippen molar-refractivity contribution in [3.63, 3.8) is 0 Å². The second-order valence-corrected chi connectivity index (χ2v) is 5.27. The highest BCUT2D eigenvalue weighted by molar-refractivity contribution is 6.99. The fraction of sp³-hybridized carbons (Fsp3) is 0.200. The summed E-state index contributed by atoms with van der Waals surface area (Å²) < 4.78 is 52.7. The molecule has 0 bridgehead atoms. The van der Waals surface area contributed by atoms with Crippen LogP contribution in [0.15, 0.2) is 30.1 Å². The van der Waals surface area contributed by atoms with Gasteiger partial charge in [-0.25, -0.2) is 18.0 Å². The summed E-state index contributed by atoms with van der Waals surface area (Å²) in [6.07, 6.45) is 2.45. The summed E-state index contributed by atoms with van der Waals surface area (Å²) in [4.78, 5) is 25.9. The Hall–Kier alpha value is -2.75. The molecule has 0 saturated heterocycles. The SMILES string of the molecule is CCOC(=O)/C(=C/N(C)c1cnsn1)C(=O)c1cc(F)c(F)cc1F. The molecule has 1 aromatic heterocycles. The van der Waals surface area contributed by atoms with Gasteiger partial charge in [0.1, 0.15) is 11.4 Å². The van der Waals surface area contributed by atoms with E-state index in [-0.39, 0.29) is 12.7 Å². The molecule has 0 unspecified atom stereocenters. The molecule has 0 fully saturated rings. The third-order valence-corrected chi connectivity index (χ3v) is 3.50. The average Bonchev–Trinajstić information content (AvgIpc) is 3.10. The predicted octanol–water partition coefficient (Wildman–Crippen LogP) is 2.72. The molecule has 0 amide bonds. The van der Waals surface area contributed by atoms with Gasteiger partial charge in [-0.15, -0.1) is 0 Å². The Morgan fingerprint density at radius 2 is 1.92 bits per heavy atom. The molecule has 0 N–H and O–H groups in total. The maximum absolute atomic E-state index is 13.9. The lowest BCUT2D eigenvalue weighted by Gasteiger charge is -2.13. The Morgan fingerprint density at radius 3 is 2.52 bits per heavy atom. The summed E-state index contributed by atoms with van der Waals surface area (Å²) in [6, 6.07) is 0.629. The Labute approximate surface area is 144 Å². The minimum Gasteiger partial charge on any atom is -0.462 e. The number of anilines is 1. The molecule has 132 valence electrons. The van der Waals surface area contributed by atoms with Crippen molar-refractivity contribution in [1.29, 1.82) is 0 Å². The quantitative estimate of drug-likeness (QED) is 0.194. The maximum Gasteiger partial charge on any atom is 0.343 e. The number of ether oxygens (including phenoxy) is 1. The Bertz CT molecular complexity index is 825. The number of esters is 1.